The smallest absolute Gasteiger partial charge is 0.0506 e. The van der Waals surface area contributed by atoms with Crippen LogP contribution >= 0.6 is 0 Å². The van der Waals surface area contributed by atoms with Gasteiger partial charge >= 0.3 is 0 Å². The lowest BCUT2D eigenvalue weighted by molar-refractivity contribution is 0.0955. The molecule has 1 atom stereocenters. The molecule has 1 aromatic carbocycles. The molecule has 0 spiro atoms. The maximum atomic E-state index is 9.21. The molecule has 1 saturated heterocycles. The standard InChI is InChI=1S/C17H27NO2/c19-15-17-8-4-10-18(14-17)11-5-12-20-13-9-16-6-2-1-3-7-16/h1-3,6-7,17,19H,4-5,8-15H2. The average molecular weight is 277 g/mol. The molecule has 1 aliphatic heterocycles. The summed E-state index contributed by atoms with van der Waals surface area (Å²) in [6.07, 6.45) is 4.49. The van der Waals surface area contributed by atoms with Crippen LogP contribution in [0.2, 0.25) is 0 Å². The Labute approximate surface area is 122 Å². The fourth-order valence-electron chi connectivity index (χ4n) is 2.83. The van der Waals surface area contributed by atoms with E-state index < -0.39 is 0 Å². The van der Waals surface area contributed by atoms with E-state index in [1.807, 2.05) is 6.07 Å². The van der Waals surface area contributed by atoms with Crippen LogP contribution in [0.1, 0.15) is 24.8 Å². The summed E-state index contributed by atoms with van der Waals surface area (Å²) < 4.78 is 5.71. The van der Waals surface area contributed by atoms with Crippen molar-refractivity contribution >= 4 is 0 Å². The van der Waals surface area contributed by atoms with Gasteiger partial charge in [-0.25, -0.2) is 0 Å². The van der Waals surface area contributed by atoms with Crippen molar-refractivity contribution in [2.45, 2.75) is 25.7 Å². The molecule has 3 nitrogen and oxygen atoms in total. The molecule has 2 rings (SSSR count). The Morgan fingerprint density at radius 2 is 2.05 bits per heavy atom. The normalized spacial score (nSPS) is 20.1. The summed E-state index contributed by atoms with van der Waals surface area (Å²) in [4.78, 5) is 2.46. The molecule has 1 heterocycles. The summed E-state index contributed by atoms with van der Waals surface area (Å²) in [6.45, 7) is 5.32. The molecule has 1 aliphatic rings. The zero-order valence-corrected chi connectivity index (χ0v) is 12.3. The van der Waals surface area contributed by atoms with E-state index in [-0.39, 0.29) is 0 Å². The lowest BCUT2D eigenvalue weighted by Crippen LogP contribution is -2.37. The van der Waals surface area contributed by atoms with Crippen molar-refractivity contribution in [3.8, 4) is 0 Å². The van der Waals surface area contributed by atoms with Crippen LogP contribution in [0.25, 0.3) is 0 Å². The van der Waals surface area contributed by atoms with Gasteiger partial charge in [0.05, 0.1) is 6.61 Å². The summed E-state index contributed by atoms with van der Waals surface area (Å²) in [7, 11) is 0. The summed E-state index contributed by atoms with van der Waals surface area (Å²) in [6, 6.07) is 10.5. The molecule has 112 valence electrons. The van der Waals surface area contributed by atoms with E-state index in [2.05, 4.69) is 29.2 Å². The quantitative estimate of drug-likeness (QED) is 0.740. The van der Waals surface area contributed by atoms with E-state index in [1.165, 1.54) is 24.9 Å². The van der Waals surface area contributed by atoms with Crippen LogP contribution in [0.3, 0.4) is 0 Å². The zero-order valence-electron chi connectivity index (χ0n) is 12.3. The summed E-state index contributed by atoms with van der Waals surface area (Å²) >= 11 is 0. The van der Waals surface area contributed by atoms with Gasteiger partial charge in [0.25, 0.3) is 0 Å². The van der Waals surface area contributed by atoms with Gasteiger partial charge in [-0.2, -0.15) is 0 Å². The van der Waals surface area contributed by atoms with Gasteiger partial charge in [-0.1, -0.05) is 30.3 Å². The van der Waals surface area contributed by atoms with Crippen molar-refractivity contribution in [3.63, 3.8) is 0 Å². The Morgan fingerprint density at radius 3 is 2.85 bits per heavy atom. The van der Waals surface area contributed by atoms with Gasteiger partial charge in [0.15, 0.2) is 0 Å². The first-order valence-corrected chi connectivity index (χ1v) is 7.83. The third kappa shape index (κ3) is 5.61. The topological polar surface area (TPSA) is 32.7 Å². The second-order valence-corrected chi connectivity index (χ2v) is 5.69. The number of aliphatic hydroxyl groups is 1. The van der Waals surface area contributed by atoms with Crippen molar-refractivity contribution < 1.29 is 9.84 Å². The maximum absolute atomic E-state index is 9.21. The number of hydrogen-bond acceptors (Lipinski definition) is 3. The molecule has 0 aromatic heterocycles. The molecular weight excluding hydrogens is 250 g/mol. The number of likely N-dealkylation sites (tertiary alicyclic amines) is 1. The summed E-state index contributed by atoms with van der Waals surface area (Å²) in [5.74, 6) is 0.489. The molecule has 1 N–H and O–H groups in total. The van der Waals surface area contributed by atoms with Gasteiger partial charge < -0.3 is 14.7 Å². The minimum Gasteiger partial charge on any atom is -0.396 e. The van der Waals surface area contributed by atoms with Crippen molar-refractivity contribution in [1.82, 2.24) is 4.90 Å². The Hall–Kier alpha value is -0.900. The highest BCUT2D eigenvalue weighted by molar-refractivity contribution is 5.14. The first kappa shape index (κ1) is 15.5. The van der Waals surface area contributed by atoms with Gasteiger partial charge in [0.2, 0.25) is 0 Å². The Morgan fingerprint density at radius 1 is 1.20 bits per heavy atom. The fraction of sp³-hybridized carbons (Fsp3) is 0.647. The van der Waals surface area contributed by atoms with Crippen LogP contribution in [-0.2, 0) is 11.2 Å². The van der Waals surface area contributed by atoms with Crippen LogP contribution in [0.15, 0.2) is 30.3 Å². The van der Waals surface area contributed by atoms with Gasteiger partial charge in [0, 0.05) is 26.3 Å². The van der Waals surface area contributed by atoms with Crippen molar-refractivity contribution in [1.29, 1.82) is 0 Å². The van der Waals surface area contributed by atoms with E-state index in [9.17, 15) is 5.11 Å². The first-order valence-electron chi connectivity index (χ1n) is 7.83. The van der Waals surface area contributed by atoms with E-state index in [1.54, 1.807) is 0 Å². The fourth-order valence-corrected chi connectivity index (χ4v) is 2.83. The molecule has 1 aromatic rings. The molecule has 1 unspecified atom stereocenters. The number of rotatable bonds is 8. The third-order valence-electron chi connectivity index (χ3n) is 4.00. The highest BCUT2D eigenvalue weighted by Gasteiger charge is 2.18. The van der Waals surface area contributed by atoms with Gasteiger partial charge in [-0.15, -0.1) is 0 Å². The molecule has 0 radical (unpaired) electrons. The van der Waals surface area contributed by atoms with Crippen molar-refractivity contribution in [3.05, 3.63) is 35.9 Å². The van der Waals surface area contributed by atoms with Crippen molar-refractivity contribution in [2.75, 3.05) is 39.5 Å². The second-order valence-electron chi connectivity index (χ2n) is 5.69. The predicted molar refractivity (Wildman–Crippen MR) is 81.8 cm³/mol. The largest absolute Gasteiger partial charge is 0.396 e. The van der Waals surface area contributed by atoms with Crippen LogP contribution < -0.4 is 0 Å². The Kier molecular flexibility index (Phi) is 7.06. The number of hydrogen-bond donors (Lipinski definition) is 1. The van der Waals surface area contributed by atoms with Crippen LogP contribution in [0.5, 0.6) is 0 Å². The van der Waals surface area contributed by atoms with Gasteiger partial charge in [-0.3, -0.25) is 0 Å². The molecule has 0 saturated carbocycles. The average Bonchev–Trinajstić information content (AvgIpc) is 2.52. The SMILES string of the molecule is OCC1CCCN(CCCOCCc2ccccc2)C1. The van der Waals surface area contributed by atoms with E-state index in [0.717, 1.165) is 39.1 Å². The van der Waals surface area contributed by atoms with Crippen LogP contribution in [0.4, 0.5) is 0 Å². The zero-order chi connectivity index (χ0) is 14.0. The summed E-state index contributed by atoms with van der Waals surface area (Å²) in [5, 5.41) is 9.21. The molecule has 3 heteroatoms. The number of aliphatic hydroxyl groups excluding tert-OH is 1. The monoisotopic (exact) mass is 277 g/mol. The van der Waals surface area contributed by atoms with Crippen molar-refractivity contribution in [2.24, 2.45) is 5.92 Å². The maximum Gasteiger partial charge on any atom is 0.0506 e. The number of piperidine rings is 1. The lowest BCUT2D eigenvalue weighted by atomic mass is 9.99. The molecular formula is C17H27NO2. The second kappa shape index (κ2) is 9.11. The lowest BCUT2D eigenvalue weighted by Gasteiger charge is -2.31. The van der Waals surface area contributed by atoms with Gasteiger partial charge in [0.1, 0.15) is 0 Å². The summed E-state index contributed by atoms with van der Waals surface area (Å²) in [5.41, 5.74) is 1.34. The predicted octanol–water partition coefficient (Wildman–Crippen LogP) is 2.34. The van der Waals surface area contributed by atoms with Gasteiger partial charge in [-0.05, 0) is 43.7 Å². The van der Waals surface area contributed by atoms with Crippen LogP contribution in [0, 0.1) is 5.92 Å². The number of benzene rings is 1. The first-order chi connectivity index (χ1) is 9.88. The van der Waals surface area contributed by atoms with E-state index >= 15 is 0 Å². The Balaban J connectivity index is 1.49. The Bertz CT molecular complexity index is 355. The van der Waals surface area contributed by atoms with Crippen LogP contribution in [-0.4, -0.2) is 49.5 Å². The molecule has 20 heavy (non-hydrogen) atoms. The minimum atomic E-state index is 0.337. The molecule has 0 amide bonds. The number of nitrogens with zero attached hydrogens (tertiary/aromatic N) is 1. The molecule has 0 aliphatic carbocycles. The third-order valence-corrected chi connectivity index (χ3v) is 4.00. The molecule has 1 fully saturated rings. The highest BCUT2D eigenvalue weighted by Crippen LogP contribution is 2.15. The highest BCUT2D eigenvalue weighted by atomic mass is 16.5. The number of ether oxygens (including phenoxy) is 1. The minimum absolute atomic E-state index is 0.337. The van der Waals surface area contributed by atoms with E-state index in [0.29, 0.717) is 12.5 Å². The molecule has 0 bridgehead atoms. The van der Waals surface area contributed by atoms with E-state index in [4.69, 9.17) is 4.74 Å².